The maximum atomic E-state index is 13.0. The first kappa shape index (κ1) is 11.9. The molecule has 0 aliphatic rings. The number of rotatable bonds is 2. The van der Waals surface area contributed by atoms with Crippen LogP contribution in [0.5, 0.6) is 0 Å². The Morgan fingerprint density at radius 2 is 2.00 bits per heavy atom. The molecule has 0 amide bonds. The molecule has 0 aliphatic carbocycles. The van der Waals surface area contributed by atoms with E-state index in [-0.39, 0.29) is 5.82 Å². The Morgan fingerprint density at radius 3 is 2.57 bits per heavy atom. The van der Waals surface area contributed by atoms with E-state index in [9.17, 15) is 9.18 Å². The van der Waals surface area contributed by atoms with Crippen molar-refractivity contribution >= 4 is 57.2 Å². The highest BCUT2D eigenvalue weighted by Crippen LogP contribution is 2.23. The number of carboxylic acid groups (broad SMARTS) is 1. The van der Waals surface area contributed by atoms with E-state index in [2.05, 4.69) is 0 Å². The van der Waals surface area contributed by atoms with Crippen molar-refractivity contribution in [3.8, 4) is 0 Å². The van der Waals surface area contributed by atoms with Crippen molar-refractivity contribution in [2.24, 2.45) is 0 Å². The van der Waals surface area contributed by atoms with E-state index in [0.29, 0.717) is 9.13 Å². The summed E-state index contributed by atoms with van der Waals surface area (Å²) in [6.07, 6.45) is 2.48. The molecule has 0 aromatic heterocycles. The molecule has 2 nitrogen and oxygen atoms in total. The summed E-state index contributed by atoms with van der Waals surface area (Å²) >= 11 is 3.87. The molecule has 14 heavy (non-hydrogen) atoms. The molecule has 1 aromatic carbocycles. The Labute approximate surface area is 107 Å². The minimum atomic E-state index is -1.01. The lowest BCUT2D eigenvalue weighted by Crippen LogP contribution is -1.91. The lowest BCUT2D eigenvalue weighted by molar-refractivity contribution is -0.131. The molecule has 0 spiro atoms. The number of halogens is 3. The van der Waals surface area contributed by atoms with Crippen molar-refractivity contribution in [1.29, 1.82) is 0 Å². The average molecular weight is 418 g/mol. The van der Waals surface area contributed by atoms with Gasteiger partial charge in [0, 0.05) is 9.65 Å². The van der Waals surface area contributed by atoms with Gasteiger partial charge in [-0.1, -0.05) is 6.07 Å². The zero-order valence-electron chi connectivity index (χ0n) is 6.80. The predicted molar refractivity (Wildman–Crippen MR) is 68.5 cm³/mol. The molecule has 0 saturated heterocycles. The van der Waals surface area contributed by atoms with Crippen LogP contribution in [0.3, 0.4) is 0 Å². The molecular weight excluding hydrogens is 413 g/mol. The molecule has 1 aromatic rings. The van der Waals surface area contributed by atoms with Gasteiger partial charge >= 0.3 is 5.97 Å². The second-order valence-corrected chi connectivity index (χ2v) is 4.59. The van der Waals surface area contributed by atoms with Gasteiger partial charge < -0.3 is 5.11 Å². The number of carbonyl (C=O) groups is 1. The third kappa shape index (κ3) is 2.91. The highest BCUT2D eigenvalue weighted by Gasteiger charge is 2.06. The maximum absolute atomic E-state index is 13.0. The highest BCUT2D eigenvalue weighted by molar-refractivity contribution is 14.1. The van der Waals surface area contributed by atoms with Crippen molar-refractivity contribution in [2.75, 3.05) is 0 Å². The molecule has 0 fully saturated rings. The molecule has 0 saturated carbocycles. The van der Waals surface area contributed by atoms with Gasteiger partial charge in [-0.25, -0.2) is 9.18 Å². The van der Waals surface area contributed by atoms with Crippen molar-refractivity contribution in [3.05, 3.63) is 36.7 Å². The Hall–Kier alpha value is -0.180. The Morgan fingerprint density at radius 1 is 1.36 bits per heavy atom. The minimum Gasteiger partial charge on any atom is -0.478 e. The summed E-state index contributed by atoms with van der Waals surface area (Å²) in [5, 5.41) is 8.42. The first-order chi connectivity index (χ1) is 6.52. The first-order valence-corrected chi connectivity index (χ1v) is 5.72. The average Bonchev–Trinajstić information content (AvgIpc) is 2.13. The van der Waals surface area contributed by atoms with Crippen LogP contribution in [0.2, 0.25) is 0 Å². The second kappa shape index (κ2) is 5.06. The van der Waals surface area contributed by atoms with Crippen LogP contribution in [0.1, 0.15) is 5.56 Å². The van der Waals surface area contributed by atoms with Crippen molar-refractivity contribution in [1.82, 2.24) is 0 Å². The molecule has 5 heteroatoms. The lowest BCUT2D eigenvalue weighted by Gasteiger charge is -2.01. The summed E-state index contributed by atoms with van der Waals surface area (Å²) in [6, 6.07) is 2.88. The number of carboxylic acids is 1. The van der Waals surface area contributed by atoms with Gasteiger partial charge in [-0.15, -0.1) is 0 Å². The van der Waals surface area contributed by atoms with Crippen LogP contribution < -0.4 is 0 Å². The van der Waals surface area contributed by atoms with Crippen LogP contribution in [0.4, 0.5) is 4.39 Å². The normalized spacial score (nSPS) is 10.8. The molecule has 0 bridgehead atoms. The SMILES string of the molecule is O=C(O)/C=C/c1ccc(F)c(I)c1I. The molecule has 0 radical (unpaired) electrons. The third-order valence-electron chi connectivity index (χ3n) is 1.47. The Bertz CT molecular complexity index is 402. The van der Waals surface area contributed by atoms with E-state index in [1.165, 1.54) is 12.1 Å². The number of hydrogen-bond donors (Lipinski definition) is 1. The summed E-state index contributed by atoms with van der Waals surface area (Å²) in [6.45, 7) is 0. The van der Waals surface area contributed by atoms with E-state index in [1.807, 2.05) is 45.2 Å². The predicted octanol–water partition coefficient (Wildman–Crippen LogP) is 3.13. The monoisotopic (exact) mass is 418 g/mol. The van der Waals surface area contributed by atoms with Gasteiger partial charge in [0.25, 0.3) is 0 Å². The highest BCUT2D eigenvalue weighted by atomic mass is 127. The molecule has 1 rings (SSSR count). The molecule has 0 aliphatic heterocycles. The zero-order chi connectivity index (χ0) is 10.7. The van der Waals surface area contributed by atoms with Gasteiger partial charge in [0.2, 0.25) is 0 Å². The minimum absolute atomic E-state index is 0.289. The van der Waals surface area contributed by atoms with Gasteiger partial charge in [-0.05, 0) is 62.9 Å². The standard InChI is InChI=1S/C9H5FI2O2/c10-6-3-1-5(2-4-7(13)14)8(11)9(6)12/h1-4H,(H,13,14)/b4-2+. The summed E-state index contributed by atoms with van der Waals surface area (Å²) < 4.78 is 14.2. The summed E-state index contributed by atoms with van der Waals surface area (Å²) in [5.74, 6) is -1.30. The van der Waals surface area contributed by atoms with Crippen LogP contribution in [0, 0.1) is 13.0 Å². The van der Waals surface area contributed by atoms with Crippen molar-refractivity contribution in [3.63, 3.8) is 0 Å². The smallest absolute Gasteiger partial charge is 0.328 e. The van der Waals surface area contributed by atoms with Crippen molar-refractivity contribution in [2.45, 2.75) is 0 Å². The lowest BCUT2D eigenvalue weighted by atomic mass is 10.2. The zero-order valence-corrected chi connectivity index (χ0v) is 11.1. The van der Waals surface area contributed by atoms with Crippen LogP contribution in [0.15, 0.2) is 18.2 Å². The third-order valence-corrected chi connectivity index (χ3v) is 4.72. The molecule has 1 N–H and O–H groups in total. The summed E-state index contributed by atoms with van der Waals surface area (Å²) in [7, 11) is 0. The van der Waals surface area contributed by atoms with Gasteiger partial charge in [-0.3, -0.25) is 0 Å². The van der Waals surface area contributed by atoms with Gasteiger partial charge in [0.1, 0.15) is 5.82 Å². The van der Waals surface area contributed by atoms with E-state index in [1.54, 1.807) is 6.07 Å². The van der Waals surface area contributed by atoms with Crippen LogP contribution >= 0.6 is 45.2 Å². The molecule has 0 unspecified atom stereocenters. The van der Waals surface area contributed by atoms with Gasteiger partial charge in [-0.2, -0.15) is 0 Å². The van der Waals surface area contributed by atoms with E-state index < -0.39 is 5.97 Å². The second-order valence-electron chi connectivity index (χ2n) is 2.44. The Balaban J connectivity index is 3.12. The quantitative estimate of drug-likeness (QED) is 0.456. The fraction of sp³-hybridized carbons (Fsp3) is 0. The first-order valence-electron chi connectivity index (χ1n) is 3.57. The van der Waals surface area contributed by atoms with Crippen LogP contribution in [-0.4, -0.2) is 11.1 Å². The van der Waals surface area contributed by atoms with E-state index >= 15 is 0 Å². The molecule has 0 atom stereocenters. The summed E-state index contributed by atoms with van der Waals surface area (Å²) in [4.78, 5) is 10.3. The van der Waals surface area contributed by atoms with Gasteiger partial charge in [0.15, 0.2) is 0 Å². The molecule has 74 valence electrons. The number of benzene rings is 1. The Kier molecular flexibility index (Phi) is 4.30. The molecule has 0 heterocycles. The largest absolute Gasteiger partial charge is 0.478 e. The van der Waals surface area contributed by atoms with E-state index in [0.717, 1.165) is 9.65 Å². The maximum Gasteiger partial charge on any atom is 0.328 e. The van der Waals surface area contributed by atoms with Gasteiger partial charge in [0.05, 0.1) is 3.57 Å². The fourth-order valence-electron chi connectivity index (χ4n) is 0.831. The van der Waals surface area contributed by atoms with Crippen molar-refractivity contribution < 1.29 is 14.3 Å². The molecular formula is C9H5FI2O2. The number of aliphatic carboxylic acids is 1. The van der Waals surface area contributed by atoms with Crippen LogP contribution in [-0.2, 0) is 4.79 Å². The fourth-order valence-corrected chi connectivity index (χ4v) is 1.94. The summed E-state index contributed by atoms with van der Waals surface area (Å²) in [5.41, 5.74) is 0.707. The van der Waals surface area contributed by atoms with E-state index in [4.69, 9.17) is 5.11 Å². The number of hydrogen-bond acceptors (Lipinski definition) is 1. The van der Waals surface area contributed by atoms with Crippen LogP contribution in [0.25, 0.3) is 6.08 Å². The topological polar surface area (TPSA) is 37.3 Å².